The van der Waals surface area contributed by atoms with Crippen molar-refractivity contribution in [1.29, 1.82) is 0 Å². The Morgan fingerprint density at radius 2 is 2.22 bits per heavy atom. The van der Waals surface area contributed by atoms with Crippen LogP contribution in [-0.2, 0) is 0 Å². The first kappa shape index (κ1) is 7.03. The van der Waals surface area contributed by atoms with Gasteiger partial charge in [-0.2, -0.15) is 0 Å². The molecule has 0 amide bonds. The third-order valence-electron chi connectivity index (χ3n) is 1.95. The number of nitrogens with one attached hydrogen (secondary N) is 1. The third-order valence-corrected chi connectivity index (χ3v) is 1.95. The second-order valence-corrected chi connectivity index (χ2v) is 2.73. The van der Waals surface area contributed by atoms with E-state index in [-0.39, 0.29) is 0 Å². The van der Waals surface area contributed by atoms with E-state index in [1.54, 1.807) is 0 Å². The van der Waals surface area contributed by atoms with Gasteiger partial charge in [-0.3, -0.25) is 0 Å². The Morgan fingerprint density at radius 3 is 3.00 bits per heavy atom. The second-order valence-electron chi connectivity index (χ2n) is 2.73. The van der Waals surface area contributed by atoms with Gasteiger partial charge in [-0.05, 0) is 38.3 Å². The van der Waals surface area contributed by atoms with Gasteiger partial charge in [0.05, 0.1) is 0 Å². The van der Waals surface area contributed by atoms with Gasteiger partial charge in [0, 0.05) is 6.61 Å². The van der Waals surface area contributed by atoms with Gasteiger partial charge in [0.1, 0.15) is 0 Å². The lowest BCUT2D eigenvalue weighted by Crippen LogP contribution is -2.14. The monoisotopic (exact) mass is 129 g/mol. The fraction of sp³-hybridized carbons (Fsp3) is 1.00. The highest BCUT2D eigenvalue weighted by Crippen LogP contribution is 2.11. The molecule has 1 heterocycles. The molecule has 1 atom stereocenters. The maximum absolute atomic E-state index is 8.79. The van der Waals surface area contributed by atoms with Gasteiger partial charge in [0.2, 0.25) is 0 Å². The first-order valence-corrected chi connectivity index (χ1v) is 3.75. The van der Waals surface area contributed by atoms with Crippen LogP contribution in [0.15, 0.2) is 0 Å². The minimum absolute atomic E-state index is 0.377. The van der Waals surface area contributed by atoms with Crippen molar-refractivity contribution in [3.05, 3.63) is 0 Å². The van der Waals surface area contributed by atoms with Gasteiger partial charge in [-0.15, -0.1) is 0 Å². The molecule has 0 unspecified atom stereocenters. The standard InChI is InChI=1S/C7H15NO/c9-6-7-2-1-4-8-5-3-7/h7-9H,1-6H2/t7-/m0/s1. The van der Waals surface area contributed by atoms with E-state index in [1.807, 2.05) is 0 Å². The first-order valence-electron chi connectivity index (χ1n) is 3.75. The molecule has 1 aliphatic rings. The van der Waals surface area contributed by atoms with Crippen LogP contribution >= 0.6 is 0 Å². The fourth-order valence-corrected chi connectivity index (χ4v) is 1.27. The molecule has 0 aromatic rings. The van der Waals surface area contributed by atoms with Crippen molar-refractivity contribution in [3.63, 3.8) is 0 Å². The van der Waals surface area contributed by atoms with E-state index in [2.05, 4.69) is 5.32 Å². The summed E-state index contributed by atoms with van der Waals surface area (Å²) in [4.78, 5) is 0. The summed E-state index contributed by atoms with van der Waals surface area (Å²) in [7, 11) is 0. The third kappa shape index (κ3) is 2.33. The van der Waals surface area contributed by atoms with Gasteiger partial charge in [0.25, 0.3) is 0 Å². The van der Waals surface area contributed by atoms with Crippen molar-refractivity contribution in [3.8, 4) is 0 Å². The Kier molecular flexibility index (Phi) is 3.01. The molecular formula is C7H15NO. The molecule has 0 radical (unpaired) electrons. The van der Waals surface area contributed by atoms with Gasteiger partial charge in [-0.25, -0.2) is 0 Å². The average Bonchev–Trinajstić information content (AvgIpc) is 2.13. The minimum Gasteiger partial charge on any atom is -0.396 e. The zero-order valence-corrected chi connectivity index (χ0v) is 5.77. The molecule has 1 saturated heterocycles. The lowest BCUT2D eigenvalue weighted by molar-refractivity contribution is 0.215. The maximum Gasteiger partial charge on any atom is 0.0459 e. The zero-order chi connectivity index (χ0) is 6.53. The minimum atomic E-state index is 0.377. The quantitative estimate of drug-likeness (QED) is 0.536. The van der Waals surface area contributed by atoms with Crippen LogP contribution in [0.1, 0.15) is 19.3 Å². The molecule has 0 spiro atoms. The summed E-state index contributed by atoms with van der Waals surface area (Å²) in [5.74, 6) is 0.569. The van der Waals surface area contributed by atoms with Crippen molar-refractivity contribution in [2.45, 2.75) is 19.3 Å². The fourth-order valence-electron chi connectivity index (χ4n) is 1.27. The predicted molar refractivity (Wildman–Crippen MR) is 37.3 cm³/mol. The Morgan fingerprint density at radius 1 is 1.33 bits per heavy atom. The molecule has 1 aliphatic heterocycles. The van der Waals surface area contributed by atoms with E-state index in [4.69, 9.17) is 5.11 Å². The van der Waals surface area contributed by atoms with Crippen LogP contribution in [-0.4, -0.2) is 24.8 Å². The highest BCUT2D eigenvalue weighted by Gasteiger charge is 2.09. The molecule has 0 aromatic heterocycles. The molecule has 2 nitrogen and oxygen atoms in total. The van der Waals surface area contributed by atoms with Crippen molar-refractivity contribution < 1.29 is 5.11 Å². The Hall–Kier alpha value is -0.0800. The van der Waals surface area contributed by atoms with Gasteiger partial charge >= 0.3 is 0 Å². The summed E-state index contributed by atoms with van der Waals surface area (Å²) in [5.41, 5.74) is 0. The zero-order valence-electron chi connectivity index (χ0n) is 5.77. The molecule has 1 rings (SSSR count). The van der Waals surface area contributed by atoms with Crippen molar-refractivity contribution in [1.82, 2.24) is 5.32 Å². The summed E-state index contributed by atoms with van der Waals surface area (Å²) >= 11 is 0. The molecule has 54 valence electrons. The van der Waals surface area contributed by atoms with Gasteiger partial charge < -0.3 is 10.4 Å². The summed E-state index contributed by atoms with van der Waals surface area (Å²) in [6.45, 7) is 2.60. The molecule has 1 fully saturated rings. The van der Waals surface area contributed by atoms with E-state index in [9.17, 15) is 0 Å². The van der Waals surface area contributed by atoms with E-state index in [0.29, 0.717) is 12.5 Å². The Labute approximate surface area is 56.3 Å². The van der Waals surface area contributed by atoms with Gasteiger partial charge in [0.15, 0.2) is 0 Å². The second kappa shape index (κ2) is 3.85. The molecular weight excluding hydrogens is 114 g/mol. The average molecular weight is 129 g/mol. The number of hydrogen-bond donors (Lipinski definition) is 2. The number of hydrogen-bond acceptors (Lipinski definition) is 2. The molecule has 2 N–H and O–H groups in total. The number of rotatable bonds is 1. The van der Waals surface area contributed by atoms with Crippen LogP contribution in [0, 0.1) is 5.92 Å². The summed E-state index contributed by atoms with van der Waals surface area (Å²) in [6.07, 6.45) is 3.57. The van der Waals surface area contributed by atoms with E-state index in [1.165, 1.54) is 12.8 Å². The van der Waals surface area contributed by atoms with Crippen molar-refractivity contribution >= 4 is 0 Å². The maximum atomic E-state index is 8.79. The molecule has 0 aliphatic carbocycles. The summed E-state index contributed by atoms with van der Waals surface area (Å²) < 4.78 is 0. The molecule has 0 saturated carbocycles. The Bertz CT molecular complexity index is 67.3. The predicted octanol–water partition coefficient (Wildman–Crippen LogP) is 0.368. The lowest BCUT2D eigenvalue weighted by atomic mass is 10.0. The Balaban J connectivity index is 2.18. The topological polar surface area (TPSA) is 32.3 Å². The van der Waals surface area contributed by atoms with E-state index < -0.39 is 0 Å². The highest BCUT2D eigenvalue weighted by atomic mass is 16.3. The lowest BCUT2D eigenvalue weighted by Gasteiger charge is -2.07. The molecule has 9 heavy (non-hydrogen) atoms. The number of aliphatic hydroxyl groups is 1. The highest BCUT2D eigenvalue weighted by molar-refractivity contribution is 4.64. The summed E-state index contributed by atoms with van der Waals surface area (Å²) in [6, 6.07) is 0. The SMILES string of the molecule is OC[C@H]1CCCNCC1. The molecule has 0 bridgehead atoms. The smallest absolute Gasteiger partial charge is 0.0459 e. The molecule has 2 heteroatoms. The van der Waals surface area contributed by atoms with E-state index >= 15 is 0 Å². The van der Waals surface area contributed by atoms with Crippen LogP contribution in [0.4, 0.5) is 0 Å². The van der Waals surface area contributed by atoms with Crippen LogP contribution < -0.4 is 5.32 Å². The largest absolute Gasteiger partial charge is 0.396 e. The first-order chi connectivity index (χ1) is 4.43. The van der Waals surface area contributed by atoms with Gasteiger partial charge in [-0.1, -0.05) is 0 Å². The molecule has 0 aromatic carbocycles. The normalized spacial score (nSPS) is 29.7. The van der Waals surface area contributed by atoms with Crippen LogP contribution in [0.2, 0.25) is 0 Å². The van der Waals surface area contributed by atoms with Crippen LogP contribution in [0.25, 0.3) is 0 Å². The van der Waals surface area contributed by atoms with Crippen molar-refractivity contribution in [2.24, 2.45) is 5.92 Å². The van der Waals surface area contributed by atoms with Crippen molar-refractivity contribution in [2.75, 3.05) is 19.7 Å². The van der Waals surface area contributed by atoms with Crippen LogP contribution in [0.3, 0.4) is 0 Å². The van der Waals surface area contributed by atoms with E-state index in [0.717, 1.165) is 19.5 Å². The summed E-state index contributed by atoms with van der Waals surface area (Å²) in [5, 5.41) is 12.1. The van der Waals surface area contributed by atoms with Crippen LogP contribution in [0.5, 0.6) is 0 Å². The number of aliphatic hydroxyl groups excluding tert-OH is 1.